The standard InChI is InChI=1S/C18H32O/c1-3-5-7-8-9-10-11-12-13-15-17-18(19)16-14-6-4-2/h3,15,17H,1,4-14,16H2,2H3. The van der Waals surface area contributed by atoms with Crippen molar-refractivity contribution >= 4 is 5.78 Å². The highest BCUT2D eigenvalue weighted by atomic mass is 16.1. The van der Waals surface area contributed by atoms with Gasteiger partial charge in [-0.1, -0.05) is 57.6 Å². The summed E-state index contributed by atoms with van der Waals surface area (Å²) in [5.41, 5.74) is 0. The van der Waals surface area contributed by atoms with Gasteiger partial charge in [-0.3, -0.25) is 4.79 Å². The van der Waals surface area contributed by atoms with Gasteiger partial charge in [0.25, 0.3) is 0 Å². The predicted octanol–water partition coefficient (Wildman–Crippen LogP) is 6.00. The quantitative estimate of drug-likeness (QED) is 0.214. The number of hydrogen-bond acceptors (Lipinski definition) is 1. The van der Waals surface area contributed by atoms with Gasteiger partial charge in [-0.25, -0.2) is 0 Å². The SMILES string of the molecule is C=CCCCCCCCCC=CC(=O)CCCCC. The fourth-order valence-corrected chi connectivity index (χ4v) is 2.11. The maximum atomic E-state index is 11.5. The van der Waals surface area contributed by atoms with Crippen LogP contribution in [0.15, 0.2) is 24.8 Å². The van der Waals surface area contributed by atoms with Crippen LogP contribution in [0.2, 0.25) is 0 Å². The Hall–Kier alpha value is -0.850. The smallest absolute Gasteiger partial charge is 0.155 e. The van der Waals surface area contributed by atoms with E-state index in [9.17, 15) is 4.79 Å². The average Bonchev–Trinajstić information content (AvgIpc) is 2.41. The lowest BCUT2D eigenvalue weighted by Gasteiger charge is -1.99. The largest absolute Gasteiger partial charge is 0.295 e. The molecule has 0 aliphatic rings. The van der Waals surface area contributed by atoms with Crippen LogP contribution in [0.5, 0.6) is 0 Å². The third-order valence-corrected chi connectivity index (χ3v) is 3.36. The lowest BCUT2D eigenvalue weighted by Crippen LogP contribution is -1.91. The first kappa shape index (κ1) is 18.1. The van der Waals surface area contributed by atoms with E-state index in [4.69, 9.17) is 0 Å². The number of ketones is 1. The van der Waals surface area contributed by atoms with E-state index in [1.165, 1.54) is 51.4 Å². The van der Waals surface area contributed by atoms with Crippen molar-refractivity contribution in [2.75, 3.05) is 0 Å². The van der Waals surface area contributed by atoms with E-state index in [0.29, 0.717) is 5.78 Å². The first-order valence-electron chi connectivity index (χ1n) is 8.11. The van der Waals surface area contributed by atoms with Gasteiger partial charge < -0.3 is 0 Å². The van der Waals surface area contributed by atoms with Gasteiger partial charge >= 0.3 is 0 Å². The van der Waals surface area contributed by atoms with Gasteiger partial charge in [0.1, 0.15) is 0 Å². The molecule has 0 aliphatic heterocycles. The molecule has 0 N–H and O–H groups in total. The number of allylic oxidation sites excluding steroid dienone is 3. The molecule has 0 unspecified atom stereocenters. The Morgan fingerprint density at radius 1 is 0.895 bits per heavy atom. The minimum Gasteiger partial charge on any atom is -0.295 e. The van der Waals surface area contributed by atoms with Crippen LogP contribution >= 0.6 is 0 Å². The van der Waals surface area contributed by atoms with Crippen molar-refractivity contribution in [3.8, 4) is 0 Å². The van der Waals surface area contributed by atoms with E-state index >= 15 is 0 Å². The minimum atomic E-state index is 0.304. The molecular weight excluding hydrogens is 232 g/mol. The molecule has 1 heteroatoms. The Kier molecular flexibility index (Phi) is 14.5. The van der Waals surface area contributed by atoms with E-state index in [1.807, 2.05) is 6.08 Å². The minimum absolute atomic E-state index is 0.304. The Morgan fingerprint density at radius 3 is 2.16 bits per heavy atom. The third-order valence-electron chi connectivity index (χ3n) is 3.36. The number of carbonyl (C=O) groups excluding carboxylic acids is 1. The second kappa shape index (κ2) is 15.2. The number of rotatable bonds is 14. The lowest BCUT2D eigenvalue weighted by molar-refractivity contribution is -0.114. The second-order valence-electron chi connectivity index (χ2n) is 5.31. The Balaban J connectivity index is 3.24. The zero-order valence-electron chi connectivity index (χ0n) is 12.8. The first-order chi connectivity index (χ1) is 9.31. The predicted molar refractivity (Wildman–Crippen MR) is 85.4 cm³/mol. The maximum Gasteiger partial charge on any atom is 0.155 e. The molecular formula is C18H32O. The summed E-state index contributed by atoms with van der Waals surface area (Å²) in [7, 11) is 0. The molecule has 0 fully saturated rings. The van der Waals surface area contributed by atoms with Gasteiger partial charge in [-0.05, 0) is 38.2 Å². The van der Waals surface area contributed by atoms with Crippen LogP contribution in [0.3, 0.4) is 0 Å². The summed E-state index contributed by atoms with van der Waals surface area (Å²) in [5.74, 6) is 0.304. The van der Waals surface area contributed by atoms with Gasteiger partial charge in [0.15, 0.2) is 5.78 Å². The lowest BCUT2D eigenvalue weighted by atomic mass is 10.1. The Morgan fingerprint density at radius 2 is 1.53 bits per heavy atom. The molecule has 0 aliphatic carbocycles. The maximum absolute atomic E-state index is 11.5. The topological polar surface area (TPSA) is 17.1 Å². The van der Waals surface area contributed by atoms with Crippen LogP contribution in [0, 0.1) is 0 Å². The average molecular weight is 264 g/mol. The summed E-state index contributed by atoms with van der Waals surface area (Å²) in [6.45, 7) is 5.90. The number of unbranched alkanes of at least 4 members (excludes halogenated alkanes) is 9. The summed E-state index contributed by atoms with van der Waals surface area (Å²) in [4.78, 5) is 11.5. The van der Waals surface area contributed by atoms with Crippen molar-refractivity contribution in [1.29, 1.82) is 0 Å². The highest BCUT2D eigenvalue weighted by Gasteiger charge is 1.95. The molecule has 110 valence electrons. The fraction of sp³-hybridized carbons (Fsp3) is 0.722. The second-order valence-corrected chi connectivity index (χ2v) is 5.31. The first-order valence-corrected chi connectivity index (χ1v) is 8.11. The van der Waals surface area contributed by atoms with E-state index < -0.39 is 0 Å². The van der Waals surface area contributed by atoms with Crippen LogP contribution in [0.25, 0.3) is 0 Å². The summed E-state index contributed by atoms with van der Waals surface area (Å²) >= 11 is 0. The molecule has 0 rings (SSSR count). The van der Waals surface area contributed by atoms with Crippen LogP contribution in [0.4, 0.5) is 0 Å². The summed E-state index contributed by atoms with van der Waals surface area (Å²) in [6, 6.07) is 0. The zero-order chi connectivity index (χ0) is 14.2. The van der Waals surface area contributed by atoms with E-state index in [-0.39, 0.29) is 0 Å². The molecule has 0 spiro atoms. The Labute approximate surface area is 120 Å². The van der Waals surface area contributed by atoms with Gasteiger partial charge in [0.2, 0.25) is 0 Å². The molecule has 0 aromatic carbocycles. The van der Waals surface area contributed by atoms with Gasteiger partial charge in [-0.2, -0.15) is 0 Å². The molecule has 1 nitrogen and oxygen atoms in total. The van der Waals surface area contributed by atoms with Crippen molar-refractivity contribution in [3.63, 3.8) is 0 Å². The number of hydrogen-bond donors (Lipinski definition) is 0. The molecule has 0 aromatic rings. The summed E-state index contributed by atoms with van der Waals surface area (Å²) < 4.78 is 0. The Bertz CT molecular complexity index is 240. The zero-order valence-corrected chi connectivity index (χ0v) is 12.8. The molecule has 0 heterocycles. The molecule has 0 bridgehead atoms. The van der Waals surface area contributed by atoms with E-state index in [2.05, 4.69) is 19.6 Å². The van der Waals surface area contributed by atoms with Crippen LogP contribution in [-0.4, -0.2) is 5.78 Å². The fourth-order valence-electron chi connectivity index (χ4n) is 2.11. The van der Waals surface area contributed by atoms with Crippen LogP contribution in [-0.2, 0) is 4.79 Å². The van der Waals surface area contributed by atoms with Gasteiger partial charge in [0.05, 0.1) is 0 Å². The van der Waals surface area contributed by atoms with Crippen molar-refractivity contribution in [1.82, 2.24) is 0 Å². The van der Waals surface area contributed by atoms with Crippen molar-refractivity contribution < 1.29 is 4.79 Å². The normalized spacial score (nSPS) is 11.0. The van der Waals surface area contributed by atoms with Gasteiger partial charge in [0, 0.05) is 6.42 Å². The van der Waals surface area contributed by atoms with Crippen LogP contribution < -0.4 is 0 Å². The summed E-state index contributed by atoms with van der Waals surface area (Å²) in [6.07, 6.45) is 20.0. The molecule has 0 aromatic heterocycles. The molecule has 0 saturated heterocycles. The van der Waals surface area contributed by atoms with Crippen molar-refractivity contribution in [2.45, 2.75) is 84.0 Å². The van der Waals surface area contributed by atoms with Crippen molar-refractivity contribution in [2.24, 2.45) is 0 Å². The summed E-state index contributed by atoms with van der Waals surface area (Å²) in [5, 5.41) is 0. The third kappa shape index (κ3) is 15.1. The van der Waals surface area contributed by atoms with Crippen LogP contribution in [0.1, 0.15) is 84.0 Å². The molecule has 0 saturated carbocycles. The van der Waals surface area contributed by atoms with Crippen molar-refractivity contribution in [3.05, 3.63) is 24.8 Å². The highest BCUT2D eigenvalue weighted by Crippen LogP contribution is 2.09. The van der Waals surface area contributed by atoms with E-state index in [0.717, 1.165) is 25.7 Å². The molecule has 19 heavy (non-hydrogen) atoms. The molecule has 0 atom stereocenters. The number of carbonyl (C=O) groups is 1. The molecule has 0 amide bonds. The monoisotopic (exact) mass is 264 g/mol. The molecule has 0 radical (unpaired) electrons. The van der Waals surface area contributed by atoms with Gasteiger partial charge in [-0.15, -0.1) is 6.58 Å². The highest BCUT2D eigenvalue weighted by molar-refractivity contribution is 5.89. The van der Waals surface area contributed by atoms with E-state index in [1.54, 1.807) is 6.08 Å².